The normalized spacial score (nSPS) is 12.0. The highest BCUT2D eigenvalue weighted by Gasteiger charge is 2.14. The lowest BCUT2D eigenvalue weighted by molar-refractivity contribution is 0.0935. The number of halogens is 2. The number of amides is 1. The first-order chi connectivity index (χ1) is 10.0. The van der Waals surface area contributed by atoms with Gasteiger partial charge in [-0.3, -0.25) is 4.79 Å². The number of hydrogen-bond donors (Lipinski definition) is 1. The average Bonchev–Trinajstić information content (AvgIpc) is 2.48. The molecule has 0 heterocycles. The van der Waals surface area contributed by atoms with Crippen LogP contribution in [0.4, 0.5) is 0 Å². The molecular weight excluding hydrogens is 394 g/mol. The van der Waals surface area contributed by atoms with E-state index in [1.54, 1.807) is 0 Å². The summed E-state index contributed by atoms with van der Waals surface area (Å²) < 4.78 is 2.05. The van der Waals surface area contributed by atoms with Crippen LogP contribution in [0.1, 0.15) is 40.9 Å². The van der Waals surface area contributed by atoms with E-state index in [0.717, 1.165) is 26.5 Å². The van der Waals surface area contributed by atoms with E-state index in [0.29, 0.717) is 5.56 Å². The molecule has 0 fully saturated rings. The van der Waals surface area contributed by atoms with Gasteiger partial charge in [-0.1, -0.05) is 50.9 Å². The van der Waals surface area contributed by atoms with Crippen LogP contribution < -0.4 is 5.32 Å². The first-order valence-corrected chi connectivity index (χ1v) is 8.42. The Bertz CT molecular complexity index is 638. The van der Waals surface area contributed by atoms with Crippen LogP contribution in [0.25, 0.3) is 0 Å². The molecule has 1 amide bonds. The van der Waals surface area contributed by atoms with Gasteiger partial charge in [-0.05, 0) is 54.8 Å². The Balaban J connectivity index is 2.15. The third-order valence-electron chi connectivity index (χ3n) is 3.41. The predicted octanol–water partition coefficient (Wildman–Crippen LogP) is 5.40. The average molecular weight is 411 g/mol. The van der Waals surface area contributed by atoms with Crippen molar-refractivity contribution in [2.45, 2.75) is 26.3 Å². The van der Waals surface area contributed by atoms with Crippen LogP contribution in [0.2, 0.25) is 0 Å². The second-order valence-corrected chi connectivity index (χ2v) is 6.72. The van der Waals surface area contributed by atoms with Crippen molar-refractivity contribution in [1.82, 2.24) is 5.32 Å². The Morgan fingerprint density at radius 1 is 1.14 bits per heavy atom. The van der Waals surface area contributed by atoms with E-state index in [9.17, 15) is 4.79 Å². The van der Waals surface area contributed by atoms with Gasteiger partial charge in [0.15, 0.2) is 0 Å². The van der Waals surface area contributed by atoms with Crippen LogP contribution in [0, 0.1) is 6.92 Å². The Morgan fingerprint density at radius 3 is 2.38 bits per heavy atom. The van der Waals surface area contributed by atoms with Crippen molar-refractivity contribution in [1.29, 1.82) is 0 Å². The standard InChI is InChI=1S/C17H17Br2NO/c1-3-16(12-4-7-14(18)8-5-12)20-17(21)13-6-9-15(19)11(2)10-13/h4-10,16H,3H2,1-2H3,(H,20,21). The van der Waals surface area contributed by atoms with E-state index in [2.05, 4.69) is 44.1 Å². The maximum atomic E-state index is 12.4. The van der Waals surface area contributed by atoms with Gasteiger partial charge in [0.2, 0.25) is 0 Å². The summed E-state index contributed by atoms with van der Waals surface area (Å²) in [5, 5.41) is 3.10. The second kappa shape index (κ2) is 7.23. The largest absolute Gasteiger partial charge is 0.345 e. The van der Waals surface area contributed by atoms with Crippen LogP contribution in [0.15, 0.2) is 51.4 Å². The summed E-state index contributed by atoms with van der Waals surface area (Å²) in [7, 11) is 0. The van der Waals surface area contributed by atoms with Gasteiger partial charge >= 0.3 is 0 Å². The zero-order valence-electron chi connectivity index (χ0n) is 12.0. The first kappa shape index (κ1) is 16.2. The summed E-state index contributed by atoms with van der Waals surface area (Å²) in [6, 6.07) is 13.7. The van der Waals surface area contributed by atoms with Gasteiger partial charge in [0.25, 0.3) is 5.91 Å². The third-order valence-corrected chi connectivity index (χ3v) is 4.82. The summed E-state index contributed by atoms with van der Waals surface area (Å²) in [4.78, 5) is 12.4. The SMILES string of the molecule is CCC(NC(=O)c1ccc(Br)c(C)c1)c1ccc(Br)cc1. The number of carbonyl (C=O) groups excluding carboxylic acids is 1. The number of aryl methyl sites for hydroxylation is 1. The van der Waals surface area contributed by atoms with Crippen molar-refractivity contribution < 1.29 is 4.79 Å². The molecule has 1 N–H and O–H groups in total. The Morgan fingerprint density at radius 2 is 1.81 bits per heavy atom. The summed E-state index contributed by atoms with van der Waals surface area (Å²) in [6.45, 7) is 4.05. The fraction of sp³-hybridized carbons (Fsp3) is 0.235. The topological polar surface area (TPSA) is 29.1 Å². The number of rotatable bonds is 4. The molecule has 2 rings (SSSR count). The predicted molar refractivity (Wildman–Crippen MR) is 93.5 cm³/mol. The molecule has 0 spiro atoms. The second-order valence-electron chi connectivity index (χ2n) is 4.95. The van der Waals surface area contributed by atoms with Gasteiger partial charge in [-0.25, -0.2) is 0 Å². The summed E-state index contributed by atoms with van der Waals surface area (Å²) in [5.41, 5.74) is 2.86. The summed E-state index contributed by atoms with van der Waals surface area (Å²) in [5.74, 6) is -0.0413. The minimum atomic E-state index is -0.0413. The zero-order chi connectivity index (χ0) is 15.4. The fourth-order valence-electron chi connectivity index (χ4n) is 2.14. The Hall–Kier alpha value is -1.13. The molecule has 0 saturated heterocycles. The van der Waals surface area contributed by atoms with Crippen LogP contribution in [-0.2, 0) is 0 Å². The molecule has 2 aromatic rings. The fourth-order valence-corrected chi connectivity index (χ4v) is 2.65. The molecule has 0 aromatic heterocycles. The molecule has 2 aromatic carbocycles. The molecule has 0 saturated carbocycles. The quantitative estimate of drug-likeness (QED) is 0.717. The lowest BCUT2D eigenvalue weighted by atomic mass is 10.0. The lowest BCUT2D eigenvalue weighted by Crippen LogP contribution is -2.28. The van der Waals surface area contributed by atoms with Crippen molar-refractivity contribution in [3.63, 3.8) is 0 Å². The number of hydrogen-bond acceptors (Lipinski definition) is 1. The third kappa shape index (κ3) is 4.17. The Kier molecular flexibility index (Phi) is 5.59. The van der Waals surface area contributed by atoms with Gasteiger partial charge < -0.3 is 5.32 Å². The van der Waals surface area contributed by atoms with Gasteiger partial charge in [0.1, 0.15) is 0 Å². The minimum absolute atomic E-state index is 0.0227. The van der Waals surface area contributed by atoms with Crippen molar-refractivity contribution in [2.24, 2.45) is 0 Å². The monoisotopic (exact) mass is 409 g/mol. The van der Waals surface area contributed by atoms with Crippen LogP contribution in [0.3, 0.4) is 0 Å². The number of nitrogens with one attached hydrogen (secondary N) is 1. The van der Waals surface area contributed by atoms with E-state index >= 15 is 0 Å². The van der Waals surface area contributed by atoms with Gasteiger partial charge in [0.05, 0.1) is 6.04 Å². The van der Waals surface area contributed by atoms with Gasteiger partial charge in [0, 0.05) is 14.5 Å². The number of carbonyl (C=O) groups is 1. The van der Waals surface area contributed by atoms with E-state index in [-0.39, 0.29) is 11.9 Å². The molecular formula is C17H17Br2NO. The molecule has 1 unspecified atom stereocenters. The van der Waals surface area contributed by atoms with Gasteiger partial charge in [-0.2, -0.15) is 0 Å². The molecule has 0 aliphatic rings. The van der Waals surface area contributed by atoms with Crippen LogP contribution in [-0.4, -0.2) is 5.91 Å². The van der Waals surface area contributed by atoms with Crippen LogP contribution >= 0.6 is 31.9 Å². The van der Waals surface area contributed by atoms with E-state index in [1.165, 1.54) is 0 Å². The highest BCUT2D eigenvalue weighted by molar-refractivity contribution is 9.10. The van der Waals surface area contributed by atoms with Crippen molar-refractivity contribution in [3.05, 3.63) is 68.1 Å². The zero-order valence-corrected chi connectivity index (χ0v) is 15.2. The lowest BCUT2D eigenvalue weighted by Gasteiger charge is -2.18. The van der Waals surface area contributed by atoms with Crippen LogP contribution in [0.5, 0.6) is 0 Å². The highest BCUT2D eigenvalue weighted by atomic mass is 79.9. The molecule has 0 radical (unpaired) electrons. The molecule has 0 bridgehead atoms. The molecule has 0 aliphatic carbocycles. The summed E-state index contributed by atoms with van der Waals surface area (Å²) in [6.07, 6.45) is 0.850. The van der Waals surface area contributed by atoms with E-state index in [1.807, 2.05) is 49.4 Å². The molecule has 2 nitrogen and oxygen atoms in total. The molecule has 1 atom stereocenters. The molecule has 4 heteroatoms. The van der Waals surface area contributed by atoms with E-state index < -0.39 is 0 Å². The first-order valence-electron chi connectivity index (χ1n) is 6.83. The highest BCUT2D eigenvalue weighted by Crippen LogP contribution is 2.21. The van der Waals surface area contributed by atoms with Crippen molar-refractivity contribution in [2.75, 3.05) is 0 Å². The minimum Gasteiger partial charge on any atom is -0.345 e. The molecule has 110 valence electrons. The smallest absolute Gasteiger partial charge is 0.251 e. The molecule has 21 heavy (non-hydrogen) atoms. The van der Waals surface area contributed by atoms with E-state index in [4.69, 9.17) is 0 Å². The maximum absolute atomic E-state index is 12.4. The molecule has 0 aliphatic heterocycles. The number of benzene rings is 2. The van der Waals surface area contributed by atoms with Crippen molar-refractivity contribution >= 4 is 37.8 Å². The van der Waals surface area contributed by atoms with Crippen molar-refractivity contribution in [3.8, 4) is 0 Å². The Labute approximate surface area is 142 Å². The van der Waals surface area contributed by atoms with Gasteiger partial charge in [-0.15, -0.1) is 0 Å². The summed E-state index contributed by atoms with van der Waals surface area (Å²) >= 11 is 6.88. The maximum Gasteiger partial charge on any atom is 0.251 e.